The van der Waals surface area contributed by atoms with Crippen LogP contribution >= 0.6 is 23.4 Å². The average Bonchev–Trinajstić information content (AvgIpc) is 3.05. The van der Waals surface area contributed by atoms with Crippen LogP contribution in [0.3, 0.4) is 0 Å². The van der Waals surface area contributed by atoms with Crippen molar-refractivity contribution in [3.63, 3.8) is 0 Å². The highest BCUT2D eigenvalue weighted by atomic mass is 35.5. The molecule has 3 nitrogen and oxygen atoms in total. The van der Waals surface area contributed by atoms with Gasteiger partial charge in [0.15, 0.2) is 0 Å². The van der Waals surface area contributed by atoms with Crippen molar-refractivity contribution in [1.29, 1.82) is 0 Å². The van der Waals surface area contributed by atoms with Gasteiger partial charge in [-0.1, -0.05) is 29.8 Å². The van der Waals surface area contributed by atoms with Crippen LogP contribution in [0.5, 0.6) is 0 Å². The minimum atomic E-state index is -4.60. The van der Waals surface area contributed by atoms with E-state index < -0.39 is 27.1 Å². The number of nitrogens with zero attached hydrogens (tertiary/aromatic N) is 1. The number of sulfonamides is 1. The van der Waals surface area contributed by atoms with E-state index in [1.807, 2.05) is 0 Å². The van der Waals surface area contributed by atoms with Crippen LogP contribution in [0.15, 0.2) is 53.4 Å². The Morgan fingerprint density at radius 2 is 1.80 bits per heavy atom. The fraction of sp³-hybridized carbons (Fsp3) is 0.250. The van der Waals surface area contributed by atoms with Gasteiger partial charge < -0.3 is 0 Å². The number of hydrogen-bond donors (Lipinski definition) is 0. The Balaban J connectivity index is 1.97. The molecule has 1 saturated heterocycles. The topological polar surface area (TPSA) is 37.4 Å². The Hall–Kier alpha value is -1.22. The maximum Gasteiger partial charge on any atom is 0.416 e. The molecule has 0 amide bonds. The van der Waals surface area contributed by atoms with Gasteiger partial charge in [-0.2, -0.15) is 17.5 Å². The second-order valence-electron chi connectivity index (χ2n) is 5.42. The Bertz CT molecular complexity index is 870. The third kappa shape index (κ3) is 3.81. The SMILES string of the molecule is O=S(=O)(c1cccc(C(F)(F)F)c1)N1CCS[C@H]1c1ccc(Cl)cc1. The molecule has 0 unspecified atom stereocenters. The predicted octanol–water partition coefficient (Wildman–Crippen LogP) is 4.80. The first-order valence-corrected chi connectivity index (χ1v) is 10.1. The largest absolute Gasteiger partial charge is 0.416 e. The lowest BCUT2D eigenvalue weighted by atomic mass is 10.2. The summed E-state index contributed by atoms with van der Waals surface area (Å²) in [6.45, 7) is 0.233. The van der Waals surface area contributed by atoms with Crippen LogP contribution in [0.1, 0.15) is 16.5 Å². The molecule has 0 radical (unpaired) electrons. The summed E-state index contributed by atoms with van der Waals surface area (Å²) in [4.78, 5) is -0.358. The highest BCUT2D eigenvalue weighted by Gasteiger charge is 2.38. The first-order chi connectivity index (χ1) is 11.7. The minimum absolute atomic E-state index is 0.233. The summed E-state index contributed by atoms with van der Waals surface area (Å²) >= 11 is 7.28. The van der Waals surface area contributed by atoms with Crippen LogP contribution in [0.2, 0.25) is 5.02 Å². The minimum Gasteiger partial charge on any atom is -0.207 e. The zero-order chi connectivity index (χ0) is 18.2. The lowest BCUT2D eigenvalue weighted by Gasteiger charge is -2.24. The van der Waals surface area contributed by atoms with Gasteiger partial charge in [0.05, 0.1) is 15.8 Å². The third-order valence-corrected chi connectivity index (χ3v) is 7.28. The van der Waals surface area contributed by atoms with Gasteiger partial charge in [-0.3, -0.25) is 0 Å². The molecule has 134 valence electrons. The normalized spacial score (nSPS) is 19.3. The molecule has 1 aliphatic rings. The number of thioether (sulfide) groups is 1. The highest BCUT2D eigenvalue weighted by molar-refractivity contribution is 8.01. The molecule has 2 aromatic rings. The first kappa shape index (κ1) is 18.6. The van der Waals surface area contributed by atoms with E-state index in [0.29, 0.717) is 16.8 Å². The Morgan fingerprint density at radius 3 is 2.44 bits per heavy atom. The standard InChI is InChI=1S/C16H13ClF3NO2S2/c17-13-6-4-11(5-7-13)15-21(8-9-24-15)25(22,23)14-3-1-2-12(10-14)16(18,19)20/h1-7,10,15H,8-9H2/t15-/m0/s1. The van der Waals surface area contributed by atoms with Gasteiger partial charge in [0.25, 0.3) is 0 Å². The lowest BCUT2D eigenvalue weighted by molar-refractivity contribution is -0.137. The molecular formula is C16H13ClF3NO2S2. The second-order valence-corrected chi connectivity index (χ2v) is 8.93. The Morgan fingerprint density at radius 1 is 1.12 bits per heavy atom. The number of halogens is 4. The van der Waals surface area contributed by atoms with Crippen molar-refractivity contribution in [2.24, 2.45) is 0 Å². The van der Waals surface area contributed by atoms with Gasteiger partial charge in [-0.15, -0.1) is 11.8 Å². The van der Waals surface area contributed by atoms with E-state index in [2.05, 4.69) is 0 Å². The summed E-state index contributed by atoms with van der Waals surface area (Å²) in [6.07, 6.45) is -4.60. The van der Waals surface area contributed by atoms with E-state index in [1.54, 1.807) is 24.3 Å². The van der Waals surface area contributed by atoms with E-state index in [-0.39, 0.29) is 11.4 Å². The third-order valence-electron chi connectivity index (χ3n) is 3.77. The van der Waals surface area contributed by atoms with Crippen molar-refractivity contribution in [3.05, 3.63) is 64.7 Å². The van der Waals surface area contributed by atoms with Crippen molar-refractivity contribution in [2.75, 3.05) is 12.3 Å². The molecule has 0 saturated carbocycles. The fourth-order valence-electron chi connectivity index (χ4n) is 2.56. The number of benzene rings is 2. The van der Waals surface area contributed by atoms with Crippen molar-refractivity contribution < 1.29 is 21.6 Å². The molecule has 1 aliphatic heterocycles. The molecule has 0 aromatic heterocycles. The molecule has 9 heteroatoms. The van der Waals surface area contributed by atoms with E-state index in [9.17, 15) is 21.6 Å². The molecule has 0 aliphatic carbocycles. The van der Waals surface area contributed by atoms with Crippen LogP contribution in [0, 0.1) is 0 Å². The van der Waals surface area contributed by atoms with E-state index in [1.165, 1.54) is 22.1 Å². The van der Waals surface area contributed by atoms with Crippen LogP contribution in [-0.4, -0.2) is 25.0 Å². The van der Waals surface area contributed by atoms with Crippen LogP contribution in [-0.2, 0) is 16.2 Å². The summed E-state index contributed by atoms with van der Waals surface area (Å²) in [5.74, 6) is 0.561. The zero-order valence-corrected chi connectivity index (χ0v) is 15.1. The summed E-state index contributed by atoms with van der Waals surface area (Å²) in [7, 11) is -4.05. The first-order valence-electron chi connectivity index (χ1n) is 7.26. The van der Waals surface area contributed by atoms with Gasteiger partial charge in [0, 0.05) is 17.3 Å². The van der Waals surface area contributed by atoms with Gasteiger partial charge in [-0.25, -0.2) is 8.42 Å². The molecular weight excluding hydrogens is 395 g/mol. The summed E-state index contributed by atoms with van der Waals surface area (Å²) in [5, 5.41) is 0.0378. The van der Waals surface area contributed by atoms with Crippen molar-refractivity contribution in [1.82, 2.24) is 4.31 Å². The molecule has 0 N–H and O–H groups in total. The summed E-state index contributed by atoms with van der Waals surface area (Å²) in [5.41, 5.74) is -0.245. The smallest absolute Gasteiger partial charge is 0.207 e. The van der Waals surface area contributed by atoms with Gasteiger partial charge in [-0.05, 0) is 35.9 Å². The van der Waals surface area contributed by atoms with Crippen LogP contribution < -0.4 is 0 Å². The molecule has 25 heavy (non-hydrogen) atoms. The summed E-state index contributed by atoms with van der Waals surface area (Å²) in [6, 6.07) is 10.6. The highest BCUT2D eigenvalue weighted by Crippen LogP contribution is 2.42. The molecule has 2 aromatic carbocycles. The lowest BCUT2D eigenvalue weighted by Crippen LogP contribution is -2.30. The maximum atomic E-state index is 12.9. The van der Waals surface area contributed by atoms with Gasteiger partial charge in [0.2, 0.25) is 10.0 Å². The van der Waals surface area contributed by atoms with Crippen LogP contribution in [0.25, 0.3) is 0 Å². The van der Waals surface area contributed by atoms with Gasteiger partial charge in [0.1, 0.15) is 0 Å². The number of alkyl halides is 3. The van der Waals surface area contributed by atoms with Crippen LogP contribution in [0.4, 0.5) is 13.2 Å². The Labute approximate surface area is 152 Å². The van der Waals surface area contributed by atoms with E-state index >= 15 is 0 Å². The van der Waals surface area contributed by atoms with Gasteiger partial charge >= 0.3 is 6.18 Å². The number of rotatable bonds is 3. The predicted molar refractivity (Wildman–Crippen MR) is 92.0 cm³/mol. The maximum absolute atomic E-state index is 12.9. The molecule has 1 fully saturated rings. The number of hydrogen-bond acceptors (Lipinski definition) is 3. The monoisotopic (exact) mass is 407 g/mol. The molecule has 0 spiro atoms. The second kappa shape index (κ2) is 6.83. The fourth-order valence-corrected chi connectivity index (χ4v) is 5.97. The zero-order valence-electron chi connectivity index (χ0n) is 12.7. The van der Waals surface area contributed by atoms with Crippen molar-refractivity contribution >= 4 is 33.4 Å². The molecule has 3 rings (SSSR count). The quantitative estimate of drug-likeness (QED) is 0.733. The van der Waals surface area contributed by atoms with E-state index in [0.717, 1.165) is 17.7 Å². The van der Waals surface area contributed by atoms with Crippen molar-refractivity contribution in [3.8, 4) is 0 Å². The van der Waals surface area contributed by atoms with Crippen molar-refractivity contribution in [2.45, 2.75) is 16.4 Å². The molecule has 1 atom stereocenters. The Kier molecular flexibility index (Phi) is 5.07. The molecule has 1 heterocycles. The van der Waals surface area contributed by atoms with E-state index in [4.69, 9.17) is 11.6 Å². The average molecular weight is 408 g/mol. The molecule has 0 bridgehead atoms. The summed E-state index contributed by atoms with van der Waals surface area (Å²) < 4.78 is 65.7.